The predicted octanol–water partition coefficient (Wildman–Crippen LogP) is 1.42. The molecule has 62 valence electrons. The molecular weight excluding hydrogens is 158 g/mol. The first kappa shape index (κ1) is 8.59. The molecule has 0 unspecified atom stereocenters. The molecule has 4 heteroatoms. The minimum atomic E-state index is 0.244. The highest BCUT2D eigenvalue weighted by Crippen LogP contribution is 2.12. The Morgan fingerprint density at radius 3 is 2.73 bits per heavy atom. The summed E-state index contributed by atoms with van der Waals surface area (Å²) in [5.41, 5.74) is 1.07. The van der Waals surface area contributed by atoms with Gasteiger partial charge in [-0.2, -0.15) is 5.10 Å². The lowest BCUT2D eigenvalue weighted by atomic mass is 10.2. The Hall–Kier alpha value is -0.510. The van der Waals surface area contributed by atoms with Gasteiger partial charge in [0, 0.05) is 7.05 Å². The van der Waals surface area contributed by atoms with E-state index < -0.39 is 0 Å². The van der Waals surface area contributed by atoms with E-state index in [9.17, 15) is 0 Å². The van der Waals surface area contributed by atoms with Gasteiger partial charge in [0.15, 0.2) is 5.17 Å². The number of hydrazone groups is 1. The second-order valence-corrected chi connectivity index (χ2v) is 3.33. The third-order valence-corrected chi connectivity index (χ3v) is 2.41. The van der Waals surface area contributed by atoms with Gasteiger partial charge in [-0.25, -0.2) is 5.01 Å². The fourth-order valence-corrected chi connectivity index (χ4v) is 1.46. The summed E-state index contributed by atoms with van der Waals surface area (Å²) in [7, 11) is 1.92. The van der Waals surface area contributed by atoms with Crippen molar-refractivity contribution in [2.24, 2.45) is 10.1 Å². The second kappa shape index (κ2) is 3.26. The van der Waals surface area contributed by atoms with E-state index >= 15 is 0 Å². The maximum atomic E-state index is 4.44. The standard InChI is InChI=1S/C7H13N3S/c1-5-6(2)9-10(3)7(8-5)11-4/h5H,1-4H3/t5-/m0/s1. The molecule has 0 N–H and O–H groups in total. The number of amidine groups is 1. The molecule has 3 nitrogen and oxygen atoms in total. The molecule has 0 amide bonds. The maximum Gasteiger partial charge on any atom is 0.179 e. The van der Waals surface area contributed by atoms with Crippen molar-refractivity contribution in [3.8, 4) is 0 Å². The Morgan fingerprint density at radius 1 is 1.55 bits per heavy atom. The molecule has 0 radical (unpaired) electrons. The minimum Gasteiger partial charge on any atom is -0.252 e. The zero-order valence-corrected chi connectivity index (χ0v) is 8.14. The van der Waals surface area contributed by atoms with Gasteiger partial charge in [0.1, 0.15) is 0 Å². The van der Waals surface area contributed by atoms with Crippen LogP contribution in [0.25, 0.3) is 0 Å². The Bertz CT molecular complexity index is 210. The summed E-state index contributed by atoms with van der Waals surface area (Å²) >= 11 is 1.63. The molecule has 1 aliphatic heterocycles. The highest BCUT2D eigenvalue weighted by Gasteiger charge is 2.15. The molecule has 11 heavy (non-hydrogen) atoms. The lowest BCUT2D eigenvalue weighted by Crippen LogP contribution is -2.29. The van der Waals surface area contributed by atoms with Gasteiger partial charge in [-0.1, -0.05) is 11.8 Å². The van der Waals surface area contributed by atoms with Crippen LogP contribution < -0.4 is 0 Å². The van der Waals surface area contributed by atoms with Crippen LogP contribution >= 0.6 is 11.8 Å². The number of hydrogen-bond acceptors (Lipinski definition) is 4. The zero-order chi connectivity index (χ0) is 8.43. The van der Waals surface area contributed by atoms with E-state index in [0.717, 1.165) is 10.9 Å². The SMILES string of the molecule is CSC1=N[C@@H](C)C(C)=NN1C. The summed E-state index contributed by atoms with van der Waals surface area (Å²) in [5, 5.41) is 7.12. The van der Waals surface area contributed by atoms with Crippen molar-refractivity contribution < 1.29 is 0 Å². The van der Waals surface area contributed by atoms with Crippen molar-refractivity contribution in [2.45, 2.75) is 19.9 Å². The van der Waals surface area contributed by atoms with Crippen molar-refractivity contribution >= 4 is 22.6 Å². The predicted molar refractivity (Wildman–Crippen MR) is 51.3 cm³/mol. The van der Waals surface area contributed by atoms with E-state index in [1.807, 2.05) is 25.2 Å². The lowest BCUT2D eigenvalue weighted by molar-refractivity contribution is 0.534. The lowest BCUT2D eigenvalue weighted by Gasteiger charge is -2.22. The van der Waals surface area contributed by atoms with Crippen LogP contribution in [-0.4, -0.2) is 35.2 Å². The third-order valence-electron chi connectivity index (χ3n) is 1.68. The van der Waals surface area contributed by atoms with Gasteiger partial charge in [-0.15, -0.1) is 0 Å². The van der Waals surface area contributed by atoms with Crippen molar-refractivity contribution in [3.63, 3.8) is 0 Å². The van der Waals surface area contributed by atoms with E-state index in [1.54, 1.807) is 11.8 Å². The molecule has 0 saturated carbocycles. The molecule has 0 saturated heterocycles. The van der Waals surface area contributed by atoms with Crippen molar-refractivity contribution in [1.29, 1.82) is 0 Å². The summed E-state index contributed by atoms with van der Waals surface area (Å²) in [4.78, 5) is 4.44. The average Bonchev–Trinajstić information content (AvgIpc) is 1.97. The zero-order valence-electron chi connectivity index (χ0n) is 7.33. The molecule has 1 heterocycles. The fraction of sp³-hybridized carbons (Fsp3) is 0.714. The second-order valence-electron chi connectivity index (χ2n) is 2.56. The quantitative estimate of drug-likeness (QED) is 0.551. The normalized spacial score (nSPS) is 24.7. The summed E-state index contributed by atoms with van der Waals surface area (Å²) in [6.45, 7) is 4.06. The number of rotatable bonds is 0. The Kier molecular flexibility index (Phi) is 2.54. The van der Waals surface area contributed by atoms with Gasteiger partial charge in [0.25, 0.3) is 0 Å². The van der Waals surface area contributed by atoms with Gasteiger partial charge >= 0.3 is 0 Å². The molecular formula is C7H13N3S. The number of thioether (sulfide) groups is 1. The Morgan fingerprint density at radius 2 is 2.18 bits per heavy atom. The van der Waals surface area contributed by atoms with E-state index in [0.29, 0.717) is 0 Å². The van der Waals surface area contributed by atoms with Crippen LogP contribution in [0.4, 0.5) is 0 Å². The molecule has 0 aromatic carbocycles. The van der Waals surface area contributed by atoms with Crippen molar-refractivity contribution in [1.82, 2.24) is 5.01 Å². The highest BCUT2D eigenvalue weighted by atomic mass is 32.2. The summed E-state index contributed by atoms with van der Waals surface area (Å²) in [6, 6.07) is 0.244. The topological polar surface area (TPSA) is 28.0 Å². The highest BCUT2D eigenvalue weighted by molar-refractivity contribution is 8.13. The van der Waals surface area contributed by atoms with Gasteiger partial charge in [0.2, 0.25) is 0 Å². The monoisotopic (exact) mass is 171 g/mol. The molecule has 0 spiro atoms. The first-order valence-corrected chi connectivity index (χ1v) is 4.78. The van der Waals surface area contributed by atoms with Gasteiger partial charge < -0.3 is 0 Å². The van der Waals surface area contributed by atoms with Gasteiger partial charge in [0.05, 0.1) is 11.8 Å². The first-order chi connectivity index (χ1) is 5.15. The maximum absolute atomic E-state index is 4.44. The Labute approximate surface area is 71.6 Å². The number of hydrogen-bond donors (Lipinski definition) is 0. The third kappa shape index (κ3) is 1.74. The molecule has 0 fully saturated rings. The molecule has 0 aromatic rings. The van der Waals surface area contributed by atoms with Crippen molar-refractivity contribution in [3.05, 3.63) is 0 Å². The first-order valence-electron chi connectivity index (χ1n) is 3.55. The van der Waals surface area contributed by atoms with Crippen LogP contribution in [0.2, 0.25) is 0 Å². The molecule has 1 atom stereocenters. The summed E-state index contributed by atoms with van der Waals surface area (Å²) in [5.74, 6) is 0. The summed E-state index contributed by atoms with van der Waals surface area (Å²) < 4.78 is 0. The van der Waals surface area contributed by atoms with Crippen LogP contribution in [0.5, 0.6) is 0 Å². The smallest absolute Gasteiger partial charge is 0.179 e. The largest absolute Gasteiger partial charge is 0.252 e. The fourth-order valence-electron chi connectivity index (χ4n) is 0.890. The van der Waals surface area contributed by atoms with Crippen LogP contribution in [-0.2, 0) is 0 Å². The van der Waals surface area contributed by atoms with Crippen LogP contribution in [0.3, 0.4) is 0 Å². The molecule has 0 aliphatic carbocycles. The van der Waals surface area contributed by atoms with E-state index in [1.165, 1.54) is 0 Å². The average molecular weight is 171 g/mol. The van der Waals surface area contributed by atoms with Gasteiger partial charge in [-0.05, 0) is 20.1 Å². The van der Waals surface area contributed by atoms with Crippen molar-refractivity contribution in [2.75, 3.05) is 13.3 Å². The summed E-state index contributed by atoms with van der Waals surface area (Å²) in [6.07, 6.45) is 2.01. The van der Waals surface area contributed by atoms with E-state index in [4.69, 9.17) is 0 Å². The molecule has 0 aromatic heterocycles. The van der Waals surface area contributed by atoms with Crippen LogP contribution in [0, 0.1) is 0 Å². The molecule has 1 aliphatic rings. The van der Waals surface area contributed by atoms with Crippen LogP contribution in [0.15, 0.2) is 10.1 Å². The van der Waals surface area contributed by atoms with E-state index in [-0.39, 0.29) is 6.04 Å². The molecule has 1 rings (SSSR count). The number of nitrogens with zero attached hydrogens (tertiary/aromatic N) is 3. The minimum absolute atomic E-state index is 0.244. The Balaban J connectivity index is 2.79. The molecule has 0 bridgehead atoms. The number of aliphatic imine (C=N–C) groups is 1. The van der Waals surface area contributed by atoms with Crippen LogP contribution in [0.1, 0.15) is 13.8 Å². The van der Waals surface area contributed by atoms with E-state index in [2.05, 4.69) is 17.0 Å². The van der Waals surface area contributed by atoms with Gasteiger partial charge in [-0.3, -0.25) is 4.99 Å².